The first kappa shape index (κ1) is 15.8. The van der Waals surface area contributed by atoms with Gasteiger partial charge in [-0.3, -0.25) is 0 Å². The van der Waals surface area contributed by atoms with Gasteiger partial charge in [-0.1, -0.05) is 19.9 Å². The van der Waals surface area contributed by atoms with Crippen molar-refractivity contribution in [1.29, 1.82) is 0 Å². The Balaban J connectivity index is 2.11. The molecule has 0 amide bonds. The molecule has 1 aromatic carbocycles. The van der Waals surface area contributed by atoms with Crippen LogP contribution in [0.3, 0.4) is 0 Å². The van der Waals surface area contributed by atoms with Crippen molar-refractivity contribution in [1.82, 2.24) is 0 Å². The summed E-state index contributed by atoms with van der Waals surface area (Å²) in [6.07, 6.45) is 4.91. The van der Waals surface area contributed by atoms with E-state index in [4.69, 9.17) is 5.73 Å². The molecule has 1 aliphatic rings. The number of hydrogen-bond acceptors (Lipinski definition) is 2. The van der Waals surface area contributed by atoms with Crippen LogP contribution in [0.1, 0.15) is 45.1 Å². The molecule has 2 nitrogen and oxygen atoms in total. The Bertz CT molecular complexity index is 448. The maximum atomic E-state index is 6.12. The SMILES string of the molecule is Cc1ccc(Br)c(NC2(CN)CCC(C(C)C)CC2)c1. The molecule has 0 atom stereocenters. The van der Waals surface area contributed by atoms with E-state index in [9.17, 15) is 0 Å². The molecule has 1 fully saturated rings. The monoisotopic (exact) mass is 338 g/mol. The van der Waals surface area contributed by atoms with Crippen molar-refractivity contribution in [2.24, 2.45) is 17.6 Å². The van der Waals surface area contributed by atoms with Crippen molar-refractivity contribution in [2.75, 3.05) is 11.9 Å². The van der Waals surface area contributed by atoms with Gasteiger partial charge >= 0.3 is 0 Å². The molecule has 3 heteroatoms. The van der Waals surface area contributed by atoms with Gasteiger partial charge in [0.05, 0.1) is 0 Å². The number of nitrogens with two attached hydrogens (primary N) is 1. The van der Waals surface area contributed by atoms with Crippen molar-refractivity contribution in [3.63, 3.8) is 0 Å². The molecule has 0 saturated heterocycles. The van der Waals surface area contributed by atoms with Gasteiger partial charge in [-0.15, -0.1) is 0 Å². The third-order valence-corrected chi connectivity index (χ3v) is 5.53. The zero-order chi connectivity index (χ0) is 14.8. The molecule has 112 valence electrons. The molecular weight excluding hydrogens is 312 g/mol. The highest BCUT2D eigenvalue weighted by Crippen LogP contribution is 2.38. The Hall–Kier alpha value is -0.540. The molecule has 0 spiro atoms. The minimum Gasteiger partial charge on any atom is -0.377 e. The van der Waals surface area contributed by atoms with Crippen molar-refractivity contribution in [2.45, 2.75) is 52.0 Å². The van der Waals surface area contributed by atoms with Crippen LogP contribution in [0.25, 0.3) is 0 Å². The number of anilines is 1. The summed E-state index contributed by atoms with van der Waals surface area (Å²) in [7, 11) is 0. The number of rotatable bonds is 4. The van der Waals surface area contributed by atoms with E-state index in [0.29, 0.717) is 6.54 Å². The van der Waals surface area contributed by atoms with E-state index in [-0.39, 0.29) is 5.54 Å². The van der Waals surface area contributed by atoms with Gasteiger partial charge in [0, 0.05) is 22.2 Å². The van der Waals surface area contributed by atoms with Crippen molar-refractivity contribution < 1.29 is 0 Å². The van der Waals surface area contributed by atoms with E-state index in [0.717, 1.165) is 16.3 Å². The van der Waals surface area contributed by atoms with Crippen LogP contribution < -0.4 is 11.1 Å². The highest BCUT2D eigenvalue weighted by atomic mass is 79.9. The fraction of sp³-hybridized carbons (Fsp3) is 0.647. The van der Waals surface area contributed by atoms with Crippen LogP contribution in [0, 0.1) is 18.8 Å². The molecule has 1 aliphatic carbocycles. The van der Waals surface area contributed by atoms with E-state index in [2.05, 4.69) is 60.2 Å². The maximum Gasteiger partial charge on any atom is 0.0496 e. The molecule has 0 aromatic heterocycles. The Labute approximate surface area is 131 Å². The first-order valence-corrected chi connectivity index (χ1v) is 8.49. The fourth-order valence-electron chi connectivity index (χ4n) is 3.26. The third kappa shape index (κ3) is 3.56. The summed E-state index contributed by atoms with van der Waals surface area (Å²) >= 11 is 3.64. The van der Waals surface area contributed by atoms with Crippen LogP contribution in [0.5, 0.6) is 0 Å². The van der Waals surface area contributed by atoms with Crippen molar-refractivity contribution in [3.05, 3.63) is 28.2 Å². The largest absolute Gasteiger partial charge is 0.377 e. The number of nitrogens with one attached hydrogen (secondary N) is 1. The molecule has 0 unspecified atom stereocenters. The molecule has 20 heavy (non-hydrogen) atoms. The molecule has 1 aromatic rings. The van der Waals surface area contributed by atoms with Gasteiger partial charge in [0.1, 0.15) is 0 Å². The van der Waals surface area contributed by atoms with E-state index in [1.54, 1.807) is 0 Å². The standard InChI is InChI=1S/C17H27BrN2/c1-12(2)14-6-8-17(11-19,9-7-14)20-16-10-13(3)4-5-15(16)18/h4-5,10,12,14,20H,6-9,11,19H2,1-3H3. The van der Waals surface area contributed by atoms with Gasteiger partial charge in [0.25, 0.3) is 0 Å². The molecule has 0 heterocycles. The van der Waals surface area contributed by atoms with Gasteiger partial charge in [-0.2, -0.15) is 0 Å². The van der Waals surface area contributed by atoms with Gasteiger partial charge in [0.15, 0.2) is 0 Å². The number of halogens is 1. The molecule has 0 aliphatic heterocycles. The summed E-state index contributed by atoms with van der Waals surface area (Å²) in [6.45, 7) is 7.51. The summed E-state index contributed by atoms with van der Waals surface area (Å²) in [4.78, 5) is 0. The Morgan fingerprint density at radius 2 is 2.00 bits per heavy atom. The first-order chi connectivity index (χ1) is 9.46. The average molecular weight is 339 g/mol. The summed E-state index contributed by atoms with van der Waals surface area (Å²) in [5.74, 6) is 1.65. The lowest BCUT2D eigenvalue weighted by atomic mass is 9.72. The summed E-state index contributed by atoms with van der Waals surface area (Å²) < 4.78 is 1.13. The minimum atomic E-state index is 0.0711. The van der Waals surface area contributed by atoms with E-state index in [1.165, 1.54) is 36.9 Å². The predicted molar refractivity (Wildman–Crippen MR) is 91.1 cm³/mol. The number of hydrogen-bond donors (Lipinski definition) is 2. The first-order valence-electron chi connectivity index (χ1n) is 7.70. The molecule has 0 radical (unpaired) electrons. The van der Waals surface area contributed by atoms with Gasteiger partial charge in [0.2, 0.25) is 0 Å². The van der Waals surface area contributed by atoms with Crippen LogP contribution in [-0.2, 0) is 0 Å². The smallest absolute Gasteiger partial charge is 0.0496 e. The van der Waals surface area contributed by atoms with Crippen molar-refractivity contribution >= 4 is 21.6 Å². The fourth-order valence-corrected chi connectivity index (χ4v) is 3.61. The minimum absolute atomic E-state index is 0.0711. The molecular formula is C17H27BrN2. The number of aryl methyl sites for hydroxylation is 1. The van der Waals surface area contributed by atoms with Gasteiger partial charge in [-0.25, -0.2) is 0 Å². The van der Waals surface area contributed by atoms with Gasteiger partial charge < -0.3 is 11.1 Å². The summed E-state index contributed by atoms with van der Waals surface area (Å²) in [5, 5.41) is 3.74. The summed E-state index contributed by atoms with van der Waals surface area (Å²) in [6, 6.07) is 6.44. The van der Waals surface area contributed by atoms with E-state index < -0.39 is 0 Å². The lowest BCUT2D eigenvalue weighted by molar-refractivity contribution is 0.213. The van der Waals surface area contributed by atoms with Crippen LogP contribution in [0.2, 0.25) is 0 Å². The van der Waals surface area contributed by atoms with Crippen molar-refractivity contribution in [3.8, 4) is 0 Å². The molecule has 1 saturated carbocycles. The molecule has 2 rings (SSSR count). The van der Waals surface area contributed by atoms with Crippen LogP contribution >= 0.6 is 15.9 Å². The Morgan fingerprint density at radius 3 is 2.55 bits per heavy atom. The second-order valence-electron chi connectivity index (χ2n) is 6.67. The van der Waals surface area contributed by atoms with E-state index >= 15 is 0 Å². The lowest BCUT2D eigenvalue weighted by Gasteiger charge is -2.42. The van der Waals surface area contributed by atoms with Gasteiger partial charge in [-0.05, 0) is 78.1 Å². The predicted octanol–water partition coefficient (Wildman–Crippen LogP) is 4.71. The quantitative estimate of drug-likeness (QED) is 0.833. The highest BCUT2D eigenvalue weighted by molar-refractivity contribution is 9.10. The molecule has 3 N–H and O–H groups in total. The Kier molecular flexibility index (Phi) is 5.14. The third-order valence-electron chi connectivity index (χ3n) is 4.84. The zero-order valence-electron chi connectivity index (χ0n) is 12.9. The summed E-state index contributed by atoms with van der Waals surface area (Å²) in [5.41, 5.74) is 8.64. The topological polar surface area (TPSA) is 38.0 Å². The van der Waals surface area contributed by atoms with Crippen LogP contribution in [0.4, 0.5) is 5.69 Å². The zero-order valence-corrected chi connectivity index (χ0v) is 14.5. The maximum absolute atomic E-state index is 6.12. The molecule has 0 bridgehead atoms. The Morgan fingerprint density at radius 1 is 1.35 bits per heavy atom. The second-order valence-corrected chi connectivity index (χ2v) is 7.53. The second kappa shape index (κ2) is 6.48. The van der Waals surface area contributed by atoms with Crippen LogP contribution in [0.15, 0.2) is 22.7 Å². The van der Waals surface area contributed by atoms with E-state index in [1.807, 2.05) is 0 Å². The normalized spacial score (nSPS) is 26.8. The van der Waals surface area contributed by atoms with Crippen LogP contribution in [-0.4, -0.2) is 12.1 Å². The highest BCUT2D eigenvalue weighted by Gasteiger charge is 2.35. The average Bonchev–Trinajstić information content (AvgIpc) is 2.43. The number of benzene rings is 1. The lowest BCUT2D eigenvalue weighted by Crippen LogP contribution is -2.48.